The topological polar surface area (TPSA) is 0 Å². The second-order valence-electron chi connectivity index (χ2n) is 7.24. The fourth-order valence-corrected chi connectivity index (χ4v) is 4.41. The van der Waals surface area contributed by atoms with Crippen molar-refractivity contribution in [3.05, 3.63) is 0 Å². The second-order valence-corrected chi connectivity index (χ2v) is 7.24. The summed E-state index contributed by atoms with van der Waals surface area (Å²) in [7, 11) is 0. The second kappa shape index (κ2) is 9.03. The van der Waals surface area contributed by atoms with Gasteiger partial charge in [-0.05, 0) is 36.0 Å². The lowest BCUT2D eigenvalue weighted by Gasteiger charge is -2.36. The van der Waals surface area contributed by atoms with Crippen molar-refractivity contribution < 1.29 is 0 Å². The van der Waals surface area contributed by atoms with E-state index in [9.17, 15) is 0 Å². The third kappa shape index (κ3) is 5.12. The molecule has 1 saturated carbocycles. The van der Waals surface area contributed by atoms with Gasteiger partial charge in [-0.1, -0.05) is 86.0 Å². The Kier molecular flexibility index (Phi) is 8.11. The molecule has 0 amide bonds. The SMILES string of the molecule is CCC(C)C(CC(C)C1CCCCC1)C(CC)CC. The first-order valence-electron chi connectivity index (χ1n) is 9.13. The van der Waals surface area contributed by atoms with Gasteiger partial charge in [0.1, 0.15) is 0 Å². The fraction of sp³-hybridized carbons (Fsp3) is 1.00. The van der Waals surface area contributed by atoms with Crippen LogP contribution in [0.1, 0.15) is 92.4 Å². The van der Waals surface area contributed by atoms with Crippen LogP contribution in [0.25, 0.3) is 0 Å². The van der Waals surface area contributed by atoms with Crippen LogP contribution >= 0.6 is 0 Å². The highest BCUT2D eigenvalue weighted by Crippen LogP contribution is 2.39. The molecular weight excluding hydrogens is 228 g/mol. The standard InChI is InChI=1S/C19H38/c1-6-15(4)19(17(7-2)8-3)14-16(5)18-12-10-9-11-13-18/h15-19H,6-14H2,1-5H3. The van der Waals surface area contributed by atoms with Crippen LogP contribution in [0.5, 0.6) is 0 Å². The zero-order valence-electron chi connectivity index (χ0n) is 14.3. The largest absolute Gasteiger partial charge is 0.0651 e. The van der Waals surface area contributed by atoms with E-state index in [2.05, 4.69) is 34.6 Å². The normalized spacial score (nSPS) is 22.4. The lowest BCUT2D eigenvalue weighted by atomic mass is 9.70. The summed E-state index contributed by atoms with van der Waals surface area (Å²) >= 11 is 0. The van der Waals surface area contributed by atoms with Crippen LogP contribution in [0, 0.1) is 29.6 Å². The Labute approximate surface area is 122 Å². The molecule has 0 bridgehead atoms. The first-order chi connectivity index (χ1) is 9.13. The third-order valence-electron chi connectivity index (χ3n) is 6.13. The van der Waals surface area contributed by atoms with Crippen LogP contribution in [0.2, 0.25) is 0 Å². The fourth-order valence-electron chi connectivity index (χ4n) is 4.41. The van der Waals surface area contributed by atoms with Crippen LogP contribution in [0.15, 0.2) is 0 Å². The summed E-state index contributed by atoms with van der Waals surface area (Å²) in [4.78, 5) is 0. The number of hydrogen-bond acceptors (Lipinski definition) is 0. The molecule has 0 aliphatic heterocycles. The van der Waals surface area contributed by atoms with E-state index in [1.54, 1.807) is 0 Å². The van der Waals surface area contributed by atoms with E-state index < -0.39 is 0 Å². The van der Waals surface area contributed by atoms with E-state index in [-0.39, 0.29) is 0 Å². The molecule has 1 aliphatic carbocycles. The van der Waals surface area contributed by atoms with Crippen molar-refractivity contribution >= 4 is 0 Å². The lowest BCUT2D eigenvalue weighted by molar-refractivity contribution is 0.144. The average molecular weight is 267 g/mol. The maximum absolute atomic E-state index is 2.55. The summed E-state index contributed by atoms with van der Waals surface area (Å²) in [6.07, 6.45) is 13.1. The highest BCUT2D eigenvalue weighted by molar-refractivity contribution is 4.79. The van der Waals surface area contributed by atoms with Crippen LogP contribution in [0.3, 0.4) is 0 Å². The molecule has 3 atom stereocenters. The van der Waals surface area contributed by atoms with Crippen molar-refractivity contribution in [3.63, 3.8) is 0 Å². The van der Waals surface area contributed by atoms with E-state index in [0.29, 0.717) is 0 Å². The molecular formula is C19H38. The van der Waals surface area contributed by atoms with Crippen molar-refractivity contribution in [1.82, 2.24) is 0 Å². The van der Waals surface area contributed by atoms with E-state index in [1.165, 1.54) is 57.8 Å². The molecule has 1 aliphatic rings. The molecule has 0 radical (unpaired) electrons. The third-order valence-corrected chi connectivity index (χ3v) is 6.13. The molecule has 0 spiro atoms. The highest BCUT2D eigenvalue weighted by Gasteiger charge is 2.28. The molecule has 0 nitrogen and oxygen atoms in total. The summed E-state index contributed by atoms with van der Waals surface area (Å²) in [6, 6.07) is 0. The molecule has 0 N–H and O–H groups in total. The van der Waals surface area contributed by atoms with Gasteiger partial charge in [-0.15, -0.1) is 0 Å². The zero-order chi connectivity index (χ0) is 14.3. The molecule has 0 aromatic rings. The van der Waals surface area contributed by atoms with Crippen molar-refractivity contribution in [2.45, 2.75) is 92.4 Å². The van der Waals surface area contributed by atoms with Crippen LogP contribution in [0.4, 0.5) is 0 Å². The van der Waals surface area contributed by atoms with Crippen molar-refractivity contribution in [2.75, 3.05) is 0 Å². The quantitative estimate of drug-likeness (QED) is 0.459. The monoisotopic (exact) mass is 266 g/mol. The van der Waals surface area contributed by atoms with Crippen molar-refractivity contribution in [2.24, 2.45) is 29.6 Å². The molecule has 0 saturated heterocycles. The van der Waals surface area contributed by atoms with Gasteiger partial charge in [0.2, 0.25) is 0 Å². The summed E-state index contributed by atoms with van der Waals surface area (Å²) in [5.41, 5.74) is 0. The summed E-state index contributed by atoms with van der Waals surface area (Å²) in [5.74, 6) is 4.84. The zero-order valence-corrected chi connectivity index (χ0v) is 14.3. The Morgan fingerprint density at radius 2 is 1.42 bits per heavy atom. The molecule has 114 valence electrons. The van der Waals surface area contributed by atoms with Gasteiger partial charge in [0.25, 0.3) is 0 Å². The van der Waals surface area contributed by atoms with Gasteiger partial charge in [0.15, 0.2) is 0 Å². The molecule has 0 aromatic heterocycles. The minimum Gasteiger partial charge on any atom is -0.0651 e. The molecule has 19 heavy (non-hydrogen) atoms. The average Bonchev–Trinajstić information content (AvgIpc) is 2.47. The van der Waals surface area contributed by atoms with Crippen molar-refractivity contribution in [1.29, 1.82) is 0 Å². The maximum atomic E-state index is 2.55. The minimum absolute atomic E-state index is 0.913. The Morgan fingerprint density at radius 1 is 0.842 bits per heavy atom. The van der Waals surface area contributed by atoms with Crippen LogP contribution < -0.4 is 0 Å². The first-order valence-corrected chi connectivity index (χ1v) is 9.13. The Hall–Kier alpha value is 0. The van der Waals surface area contributed by atoms with E-state index in [4.69, 9.17) is 0 Å². The van der Waals surface area contributed by atoms with E-state index >= 15 is 0 Å². The maximum Gasteiger partial charge on any atom is -0.0358 e. The van der Waals surface area contributed by atoms with Gasteiger partial charge in [0.05, 0.1) is 0 Å². The molecule has 3 unspecified atom stereocenters. The minimum atomic E-state index is 0.913. The van der Waals surface area contributed by atoms with Gasteiger partial charge in [-0.25, -0.2) is 0 Å². The smallest absolute Gasteiger partial charge is 0.0358 e. The van der Waals surface area contributed by atoms with E-state index in [0.717, 1.165) is 29.6 Å². The molecule has 0 heterocycles. The molecule has 0 aromatic carbocycles. The molecule has 0 heteroatoms. The first kappa shape index (κ1) is 17.1. The molecule has 1 rings (SSSR count). The van der Waals surface area contributed by atoms with Gasteiger partial charge >= 0.3 is 0 Å². The molecule has 1 fully saturated rings. The van der Waals surface area contributed by atoms with Gasteiger partial charge < -0.3 is 0 Å². The van der Waals surface area contributed by atoms with Crippen LogP contribution in [-0.4, -0.2) is 0 Å². The van der Waals surface area contributed by atoms with E-state index in [1.807, 2.05) is 0 Å². The van der Waals surface area contributed by atoms with Crippen LogP contribution in [-0.2, 0) is 0 Å². The Balaban J connectivity index is 2.59. The van der Waals surface area contributed by atoms with Gasteiger partial charge in [-0.3, -0.25) is 0 Å². The lowest BCUT2D eigenvalue weighted by Crippen LogP contribution is -2.26. The van der Waals surface area contributed by atoms with Gasteiger partial charge in [-0.2, -0.15) is 0 Å². The Bertz CT molecular complexity index is 210. The predicted molar refractivity (Wildman–Crippen MR) is 87.4 cm³/mol. The highest BCUT2D eigenvalue weighted by atomic mass is 14.3. The van der Waals surface area contributed by atoms with Crippen molar-refractivity contribution in [3.8, 4) is 0 Å². The number of rotatable bonds is 8. The predicted octanol–water partition coefficient (Wildman–Crippen LogP) is 6.69. The summed E-state index contributed by atoms with van der Waals surface area (Å²) in [5, 5.41) is 0. The summed E-state index contributed by atoms with van der Waals surface area (Å²) < 4.78 is 0. The summed E-state index contributed by atoms with van der Waals surface area (Å²) in [6.45, 7) is 12.2. The Morgan fingerprint density at radius 3 is 1.89 bits per heavy atom. The number of hydrogen-bond donors (Lipinski definition) is 0. The van der Waals surface area contributed by atoms with Gasteiger partial charge in [0, 0.05) is 0 Å².